The van der Waals surface area contributed by atoms with Crippen LogP contribution in [0.15, 0.2) is 42.7 Å². The van der Waals surface area contributed by atoms with Crippen LogP contribution in [0.2, 0.25) is 0 Å². The van der Waals surface area contributed by atoms with Crippen molar-refractivity contribution in [1.29, 1.82) is 0 Å². The third kappa shape index (κ3) is 1.88. The lowest BCUT2D eigenvalue weighted by molar-refractivity contribution is 0.765. The van der Waals surface area contributed by atoms with Gasteiger partial charge in [0.25, 0.3) is 0 Å². The highest BCUT2D eigenvalue weighted by Gasteiger charge is 2.00. The van der Waals surface area contributed by atoms with Crippen molar-refractivity contribution in [3.63, 3.8) is 0 Å². The summed E-state index contributed by atoms with van der Waals surface area (Å²) >= 11 is 0. The molecule has 0 fully saturated rings. The number of rotatable bonds is 2. The van der Waals surface area contributed by atoms with Crippen LogP contribution in [0.3, 0.4) is 0 Å². The van der Waals surface area contributed by atoms with Gasteiger partial charge < -0.3 is 0 Å². The standard InChI is InChI=1S/C11H9FN2/c12-11(10-7-13-14-8-10)6-9-4-2-1-3-5-9/h1-8H,(H,13,14)/b11-6-. The van der Waals surface area contributed by atoms with E-state index < -0.39 is 0 Å². The maximum Gasteiger partial charge on any atom is 0.134 e. The van der Waals surface area contributed by atoms with Crippen molar-refractivity contribution in [1.82, 2.24) is 10.2 Å². The van der Waals surface area contributed by atoms with Crippen LogP contribution in [-0.4, -0.2) is 10.2 Å². The molecule has 14 heavy (non-hydrogen) atoms. The van der Waals surface area contributed by atoms with E-state index in [2.05, 4.69) is 10.2 Å². The Kier molecular flexibility index (Phi) is 2.40. The third-order valence-electron chi connectivity index (χ3n) is 1.87. The van der Waals surface area contributed by atoms with E-state index in [0.717, 1.165) is 5.56 Å². The van der Waals surface area contributed by atoms with Gasteiger partial charge in [-0.25, -0.2) is 4.39 Å². The van der Waals surface area contributed by atoms with Gasteiger partial charge in [0.05, 0.1) is 6.20 Å². The van der Waals surface area contributed by atoms with E-state index in [-0.39, 0.29) is 5.83 Å². The molecule has 0 unspecified atom stereocenters. The fraction of sp³-hybridized carbons (Fsp3) is 0. The Morgan fingerprint density at radius 2 is 2.07 bits per heavy atom. The van der Waals surface area contributed by atoms with E-state index in [1.165, 1.54) is 18.5 Å². The first-order chi connectivity index (χ1) is 6.86. The van der Waals surface area contributed by atoms with Gasteiger partial charge in [0.15, 0.2) is 0 Å². The largest absolute Gasteiger partial charge is 0.285 e. The van der Waals surface area contributed by atoms with Crippen molar-refractivity contribution in [2.45, 2.75) is 0 Å². The molecular formula is C11H9FN2. The van der Waals surface area contributed by atoms with E-state index in [0.29, 0.717) is 5.56 Å². The second-order valence-electron chi connectivity index (χ2n) is 2.89. The first-order valence-electron chi connectivity index (χ1n) is 4.27. The number of benzene rings is 1. The molecule has 2 rings (SSSR count). The van der Waals surface area contributed by atoms with Gasteiger partial charge in [0, 0.05) is 11.8 Å². The Balaban J connectivity index is 2.28. The van der Waals surface area contributed by atoms with Crippen LogP contribution in [0.4, 0.5) is 4.39 Å². The molecule has 2 aromatic rings. The molecule has 0 amide bonds. The molecule has 3 heteroatoms. The van der Waals surface area contributed by atoms with Gasteiger partial charge in [0.2, 0.25) is 0 Å². The fourth-order valence-corrected chi connectivity index (χ4v) is 1.16. The fourth-order valence-electron chi connectivity index (χ4n) is 1.16. The summed E-state index contributed by atoms with van der Waals surface area (Å²) in [5.74, 6) is -0.287. The average molecular weight is 188 g/mol. The molecule has 0 aliphatic heterocycles. The van der Waals surface area contributed by atoms with Crippen LogP contribution < -0.4 is 0 Å². The van der Waals surface area contributed by atoms with E-state index in [1.807, 2.05) is 30.3 Å². The predicted molar refractivity (Wildman–Crippen MR) is 54.0 cm³/mol. The number of hydrogen-bond acceptors (Lipinski definition) is 1. The van der Waals surface area contributed by atoms with Crippen molar-refractivity contribution in [2.75, 3.05) is 0 Å². The first kappa shape index (κ1) is 8.69. The second-order valence-corrected chi connectivity index (χ2v) is 2.89. The van der Waals surface area contributed by atoms with Crippen LogP contribution in [-0.2, 0) is 0 Å². The Bertz CT molecular complexity index is 418. The molecule has 0 saturated carbocycles. The zero-order chi connectivity index (χ0) is 9.80. The minimum Gasteiger partial charge on any atom is -0.285 e. The summed E-state index contributed by atoms with van der Waals surface area (Å²) in [5, 5.41) is 6.24. The molecule has 0 spiro atoms. The summed E-state index contributed by atoms with van der Waals surface area (Å²) < 4.78 is 13.5. The zero-order valence-electron chi connectivity index (χ0n) is 7.44. The number of nitrogens with zero attached hydrogens (tertiary/aromatic N) is 1. The van der Waals surface area contributed by atoms with Gasteiger partial charge in [-0.1, -0.05) is 30.3 Å². The predicted octanol–water partition coefficient (Wildman–Crippen LogP) is 2.88. The normalized spacial score (nSPS) is 11.6. The van der Waals surface area contributed by atoms with Crippen molar-refractivity contribution in [2.24, 2.45) is 0 Å². The number of aromatic nitrogens is 2. The number of halogens is 1. The molecule has 0 saturated heterocycles. The van der Waals surface area contributed by atoms with Gasteiger partial charge in [-0.05, 0) is 11.6 Å². The number of nitrogens with one attached hydrogen (secondary N) is 1. The molecule has 2 nitrogen and oxygen atoms in total. The lowest BCUT2D eigenvalue weighted by atomic mass is 10.2. The van der Waals surface area contributed by atoms with Gasteiger partial charge in [0.1, 0.15) is 5.83 Å². The Morgan fingerprint density at radius 1 is 1.29 bits per heavy atom. The van der Waals surface area contributed by atoms with Crippen LogP contribution in [0.1, 0.15) is 11.1 Å². The van der Waals surface area contributed by atoms with Crippen LogP contribution >= 0.6 is 0 Å². The molecule has 0 aliphatic rings. The van der Waals surface area contributed by atoms with Gasteiger partial charge >= 0.3 is 0 Å². The van der Waals surface area contributed by atoms with E-state index >= 15 is 0 Å². The minimum atomic E-state index is -0.287. The summed E-state index contributed by atoms with van der Waals surface area (Å²) in [5.41, 5.74) is 1.31. The Labute approximate surface area is 81.1 Å². The molecule has 1 aromatic heterocycles. The zero-order valence-corrected chi connectivity index (χ0v) is 7.44. The topological polar surface area (TPSA) is 28.7 Å². The minimum absolute atomic E-state index is 0.287. The van der Waals surface area contributed by atoms with Crippen molar-refractivity contribution in [3.05, 3.63) is 53.9 Å². The molecule has 0 radical (unpaired) electrons. The SMILES string of the molecule is F/C(=C\c1ccccc1)c1cn[nH]c1. The Morgan fingerprint density at radius 3 is 2.71 bits per heavy atom. The molecule has 70 valence electrons. The Hall–Kier alpha value is -1.90. The van der Waals surface area contributed by atoms with E-state index in [4.69, 9.17) is 0 Å². The van der Waals surface area contributed by atoms with Gasteiger partial charge in [-0.2, -0.15) is 5.10 Å². The van der Waals surface area contributed by atoms with Crippen LogP contribution in [0.5, 0.6) is 0 Å². The summed E-state index contributed by atoms with van der Waals surface area (Å²) in [4.78, 5) is 0. The number of aromatic amines is 1. The molecule has 1 aromatic carbocycles. The molecule has 1 N–H and O–H groups in total. The highest BCUT2D eigenvalue weighted by Crippen LogP contribution is 2.17. The monoisotopic (exact) mass is 188 g/mol. The summed E-state index contributed by atoms with van der Waals surface area (Å²) in [6, 6.07) is 9.33. The molecule has 0 bridgehead atoms. The number of H-pyrrole nitrogens is 1. The lowest BCUT2D eigenvalue weighted by Gasteiger charge is -1.93. The summed E-state index contributed by atoms with van der Waals surface area (Å²) in [6.07, 6.45) is 4.45. The third-order valence-corrected chi connectivity index (χ3v) is 1.87. The quantitative estimate of drug-likeness (QED) is 0.771. The highest BCUT2D eigenvalue weighted by molar-refractivity contribution is 5.75. The molecule has 0 atom stereocenters. The lowest BCUT2D eigenvalue weighted by Crippen LogP contribution is -1.74. The second kappa shape index (κ2) is 3.87. The summed E-state index contributed by atoms with van der Waals surface area (Å²) in [6.45, 7) is 0. The van der Waals surface area contributed by atoms with Crippen molar-refractivity contribution < 1.29 is 4.39 Å². The molecule has 1 heterocycles. The van der Waals surface area contributed by atoms with Crippen LogP contribution in [0, 0.1) is 0 Å². The van der Waals surface area contributed by atoms with Crippen molar-refractivity contribution in [3.8, 4) is 0 Å². The first-order valence-corrected chi connectivity index (χ1v) is 4.27. The van der Waals surface area contributed by atoms with E-state index in [1.54, 1.807) is 0 Å². The van der Waals surface area contributed by atoms with Crippen LogP contribution in [0.25, 0.3) is 11.9 Å². The molecular weight excluding hydrogens is 179 g/mol. The van der Waals surface area contributed by atoms with Gasteiger partial charge in [-0.15, -0.1) is 0 Å². The average Bonchev–Trinajstić information content (AvgIpc) is 2.72. The van der Waals surface area contributed by atoms with Crippen molar-refractivity contribution >= 4 is 11.9 Å². The molecule has 0 aliphatic carbocycles. The maximum absolute atomic E-state index is 13.5. The number of hydrogen-bond donors (Lipinski definition) is 1. The van der Waals surface area contributed by atoms with E-state index in [9.17, 15) is 4.39 Å². The van der Waals surface area contributed by atoms with Gasteiger partial charge in [-0.3, -0.25) is 5.10 Å². The highest BCUT2D eigenvalue weighted by atomic mass is 19.1. The smallest absolute Gasteiger partial charge is 0.134 e. The maximum atomic E-state index is 13.5. The summed E-state index contributed by atoms with van der Waals surface area (Å²) in [7, 11) is 0.